The first-order valence-corrected chi connectivity index (χ1v) is 3.84. The zero-order chi connectivity index (χ0) is 7.15. The predicted molar refractivity (Wildman–Crippen MR) is 28.6 cm³/mol. The normalized spacial score (nSPS) is 7.38. The number of nitrogens with zero attached hydrogens (tertiary/aromatic N) is 1. The Balaban J connectivity index is 0. The fraction of sp³-hybridized carbons (Fsp3) is 0. The van der Waals surface area contributed by atoms with Crippen LogP contribution in [-0.4, -0.2) is 14.5 Å². The molecule has 0 unspecified atom stereocenters. The lowest BCUT2D eigenvalue weighted by Crippen LogP contribution is -1.81. The van der Waals surface area contributed by atoms with Crippen LogP contribution in [0.3, 0.4) is 0 Å². The Bertz CT molecular complexity index is 72.0. The highest BCUT2D eigenvalue weighted by Gasteiger charge is 1.68. The maximum Gasteiger partial charge on any atom is 0.291 e. The summed E-state index contributed by atoms with van der Waals surface area (Å²) in [6.45, 7) is 0. The lowest BCUT2D eigenvalue weighted by atomic mass is 13.1. The van der Waals surface area contributed by atoms with Gasteiger partial charge in [0.1, 0.15) is 0 Å². The largest absolute Gasteiger partial charge is 0.328 e. The van der Waals surface area contributed by atoms with Crippen molar-refractivity contribution in [3.63, 3.8) is 0 Å². The summed E-state index contributed by atoms with van der Waals surface area (Å²) in [6, 6.07) is 0. The first-order chi connectivity index (χ1) is 3.46. The first-order valence-electron chi connectivity index (χ1n) is 1.04. The van der Waals surface area contributed by atoms with Gasteiger partial charge in [-0.25, -0.2) is 4.21 Å². The van der Waals surface area contributed by atoms with Crippen LogP contribution >= 0.6 is 21.4 Å². The van der Waals surface area contributed by atoms with Crippen molar-refractivity contribution in [1.82, 2.24) is 0 Å². The maximum absolute atomic E-state index is 9.09. The van der Waals surface area contributed by atoms with E-state index >= 15 is 0 Å². The molecule has 0 aliphatic rings. The molecular formula is HCl2NO4S. The van der Waals surface area contributed by atoms with E-state index in [0.29, 0.717) is 0 Å². The first kappa shape index (κ1) is 10.8. The molecule has 0 saturated heterocycles. The van der Waals surface area contributed by atoms with Gasteiger partial charge >= 0.3 is 0 Å². The van der Waals surface area contributed by atoms with Gasteiger partial charge in [-0.2, -0.15) is 0 Å². The second-order valence-electron chi connectivity index (χ2n) is 0.422. The standard InChI is InChI=1S/Cl2OS.HNO3/c1-4(2)3;2-1(3)4/h;(H,2,3,4). The van der Waals surface area contributed by atoms with Crippen LogP contribution in [0.15, 0.2) is 0 Å². The van der Waals surface area contributed by atoms with Gasteiger partial charge in [-0.05, 0) is 0 Å². The van der Waals surface area contributed by atoms with Gasteiger partial charge in [-0.15, -0.1) is 10.1 Å². The van der Waals surface area contributed by atoms with Crippen LogP contribution in [0.4, 0.5) is 0 Å². The molecule has 0 aliphatic carbocycles. The zero-order valence-corrected chi connectivity index (χ0v) is 5.61. The van der Waals surface area contributed by atoms with E-state index in [4.69, 9.17) is 19.5 Å². The third-order valence-corrected chi connectivity index (χ3v) is 0. The summed E-state index contributed by atoms with van der Waals surface area (Å²) in [7, 11) is 7.36. The molecule has 0 saturated carbocycles. The van der Waals surface area contributed by atoms with Crippen molar-refractivity contribution in [2.24, 2.45) is 0 Å². The van der Waals surface area contributed by atoms with Crippen molar-refractivity contribution >= 4 is 30.6 Å². The SMILES string of the molecule is O=S(Cl)Cl.O=[N+]([O-])O. The Morgan fingerprint density at radius 1 is 1.62 bits per heavy atom. The molecular weight excluding hydrogens is 181 g/mol. The fourth-order valence-corrected chi connectivity index (χ4v) is 0. The van der Waals surface area contributed by atoms with Crippen molar-refractivity contribution in [2.45, 2.75) is 0 Å². The minimum absolute atomic E-state index is 1.50. The Hall–Kier alpha value is -0.0700. The smallest absolute Gasteiger partial charge is 0.291 e. The number of halogens is 2. The second kappa shape index (κ2) is 6.93. The molecule has 50 valence electrons. The molecule has 8 heavy (non-hydrogen) atoms. The van der Waals surface area contributed by atoms with Crippen LogP contribution < -0.4 is 0 Å². The highest BCUT2D eigenvalue weighted by Crippen LogP contribution is 1.89. The predicted octanol–water partition coefficient (Wildman–Crippen LogP) is 0.695. The Morgan fingerprint density at radius 2 is 1.62 bits per heavy atom. The fourth-order valence-electron chi connectivity index (χ4n) is 0. The van der Waals surface area contributed by atoms with Crippen molar-refractivity contribution in [1.29, 1.82) is 0 Å². The molecule has 0 aromatic carbocycles. The van der Waals surface area contributed by atoms with Crippen LogP contribution in [0, 0.1) is 10.1 Å². The number of rotatable bonds is 0. The third-order valence-electron chi connectivity index (χ3n) is 0. The topological polar surface area (TPSA) is 80.4 Å². The molecule has 0 rings (SSSR count). The van der Waals surface area contributed by atoms with E-state index in [0.717, 1.165) is 0 Å². The van der Waals surface area contributed by atoms with E-state index in [9.17, 15) is 0 Å². The number of hydrogen-bond acceptors (Lipinski definition) is 3. The molecule has 0 atom stereocenters. The zero-order valence-electron chi connectivity index (χ0n) is 3.28. The van der Waals surface area contributed by atoms with Gasteiger partial charge in [0.15, 0.2) is 0 Å². The lowest BCUT2D eigenvalue weighted by molar-refractivity contribution is -0.742. The molecule has 0 aliphatic heterocycles. The molecule has 0 radical (unpaired) electrons. The second-order valence-corrected chi connectivity index (χ2v) is 2.95. The van der Waals surface area contributed by atoms with Gasteiger partial charge in [0.25, 0.3) is 5.09 Å². The molecule has 5 nitrogen and oxygen atoms in total. The lowest BCUT2D eigenvalue weighted by Gasteiger charge is -1.56. The molecule has 0 heterocycles. The van der Waals surface area contributed by atoms with Crippen molar-refractivity contribution < 1.29 is 14.5 Å². The van der Waals surface area contributed by atoms with E-state index in [2.05, 4.69) is 21.4 Å². The van der Waals surface area contributed by atoms with Crippen LogP contribution in [0.1, 0.15) is 0 Å². The molecule has 0 bridgehead atoms. The third kappa shape index (κ3) is 29400. The molecule has 0 fully saturated rings. The van der Waals surface area contributed by atoms with E-state index in [-0.39, 0.29) is 0 Å². The highest BCUT2D eigenvalue weighted by molar-refractivity contribution is 8.26. The van der Waals surface area contributed by atoms with E-state index in [1.807, 2.05) is 0 Å². The summed E-state index contributed by atoms with van der Waals surface area (Å²) in [6.07, 6.45) is 0. The van der Waals surface area contributed by atoms with Gasteiger partial charge in [0, 0.05) is 21.4 Å². The summed E-state index contributed by atoms with van der Waals surface area (Å²) < 4.78 is 9.09. The van der Waals surface area contributed by atoms with Crippen molar-refractivity contribution in [3.05, 3.63) is 10.1 Å². The van der Waals surface area contributed by atoms with E-state index in [1.54, 1.807) is 0 Å². The van der Waals surface area contributed by atoms with Gasteiger partial charge < -0.3 is 5.21 Å². The average molecular weight is 182 g/mol. The minimum Gasteiger partial charge on any atom is -0.328 e. The van der Waals surface area contributed by atoms with Gasteiger partial charge in [0.05, 0.1) is 0 Å². The van der Waals surface area contributed by atoms with Crippen LogP contribution in [-0.2, 0) is 9.23 Å². The van der Waals surface area contributed by atoms with Crippen LogP contribution in [0.5, 0.6) is 0 Å². The van der Waals surface area contributed by atoms with Crippen LogP contribution in [0.2, 0.25) is 0 Å². The molecule has 0 aromatic heterocycles. The summed E-state index contributed by atoms with van der Waals surface area (Å²) >= 11 is 0. The van der Waals surface area contributed by atoms with Crippen LogP contribution in [0.25, 0.3) is 0 Å². The monoisotopic (exact) mass is 181 g/mol. The number of hydrogen-bond donors (Lipinski definition) is 1. The Labute approximate surface area is 55.8 Å². The summed E-state index contributed by atoms with van der Waals surface area (Å²) in [5.41, 5.74) is 0. The molecule has 0 amide bonds. The quantitative estimate of drug-likeness (QED) is 0.339. The van der Waals surface area contributed by atoms with E-state index < -0.39 is 14.3 Å². The molecule has 8 heteroatoms. The van der Waals surface area contributed by atoms with Crippen molar-refractivity contribution in [3.8, 4) is 0 Å². The minimum atomic E-state index is -1.67. The Morgan fingerprint density at radius 3 is 1.62 bits per heavy atom. The summed E-state index contributed by atoms with van der Waals surface area (Å²) in [5.74, 6) is 0. The van der Waals surface area contributed by atoms with Crippen molar-refractivity contribution in [2.75, 3.05) is 0 Å². The highest BCUT2D eigenvalue weighted by atomic mass is 36.0. The summed E-state index contributed by atoms with van der Waals surface area (Å²) in [5, 5.41) is 13.6. The molecule has 1 N–H and O–H groups in total. The van der Waals surface area contributed by atoms with E-state index in [1.165, 1.54) is 0 Å². The molecule has 0 aromatic rings. The average Bonchev–Trinajstić information content (AvgIpc) is 1.25. The van der Waals surface area contributed by atoms with Gasteiger partial charge in [-0.3, -0.25) is 0 Å². The maximum atomic E-state index is 9.09. The Kier molecular flexibility index (Phi) is 9.38. The van der Waals surface area contributed by atoms with Gasteiger partial charge in [-0.1, -0.05) is 0 Å². The van der Waals surface area contributed by atoms with Gasteiger partial charge in [0.2, 0.25) is 9.23 Å². The summed E-state index contributed by atoms with van der Waals surface area (Å²) in [4.78, 5) is 8.36. The molecule has 0 spiro atoms.